The van der Waals surface area contributed by atoms with Crippen molar-refractivity contribution in [1.82, 2.24) is 9.97 Å². The average molecular weight is 284 g/mol. The lowest BCUT2D eigenvalue weighted by molar-refractivity contribution is -0.137. The molecule has 104 valence electrons. The van der Waals surface area contributed by atoms with Crippen LogP contribution in [0, 0.1) is 0 Å². The minimum Gasteiger partial charge on any atom is -0.449 e. The molecular weight excluding hydrogens is 277 g/mol. The molecule has 1 aromatic heterocycles. The Kier molecular flexibility index (Phi) is 3.55. The summed E-state index contributed by atoms with van der Waals surface area (Å²) in [6.07, 6.45) is -5.03. The van der Waals surface area contributed by atoms with E-state index in [1.807, 2.05) is 0 Å². The first-order valence-corrected chi connectivity index (χ1v) is 5.27. The fraction of sp³-hybridized carbons (Fsp3) is 0.0833. The van der Waals surface area contributed by atoms with Gasteiger partial charge in [-0.3, -0.25) is 0 Å². The van der Waals surface area contributed by atoms with Crippen LogP contribution in [0.4, 0.5) is 18.0 Å². The normalized spacial score (nSPS) is 11.2. The van der Waals surface area contributed by atoms with E-state index in [9.17, 15) is 18.0 Å². The molecule has 2 rings (SSSR count). The van der Waals surface area contributed by atoms with Crippen molar-refractivity contribution in [2.75, 3.05) is 0 Å². The van der Waals surface area contributed by atoms with Crippen molar-refractivity contribution in [3.63, 3.8) is 0 Å². The van der Waals surface area contributed by atoms with Crippen LogP contribution >= 0.6 is 0 Å². The highest BCUT2D eigenvalue weighted by Gasteiger charge is 2.30. The van der Waals surface area contributed by atoms with E-state index >= 15 is 0 Å². The maximum atomic E-state index is 12.6. The van der Waals surface area contributed by atoms with Crippen molar-refractivity contribution in [3.05, 3.63) is 42.2 Å². The zero-order valence-electron chi connectivity index (χ0n) is 9.76. The molecule has 0 saturated carbocycles. The summed E-state index contributed by atoms with van der Waals surface area (Å²) >= 11 is 0. The maximum Gasteiger partial charge on any atom is 0.512 e. The summed E-state index contributed by atoms with van der Waals surface area (Å²) < 4.78 is 42.1. The van der Waals surface area contributed by atoms with E-state index < -0.39 is 17.9 Å². The third-order valence-electron chi connectivity index (χ3n) is 2.32. The zero-order chi connectivity index (χ0) is 14.8. The van der Waals surface area contributed by atoms with Crippen LogP contribution in [0.25, 0.3) is 11.3 Å². The number of hydrogen-bond acceptors (Lipinski definition) is 4. The van der Waals surface area contributed by atoms with Gasteiger partial charge in [0.2, 0.25) is 5.88 Å². The lowest BCUT2D eigenvalue weighted by Crippen LogP contribution is -2.06. The first-order valence-electron chi connectivity index (χ1n) is 5.27. The van der Waals surface area contributed by atoms with Crippen LogP contribution in [0.15, 0.2) is 36.7 Å². The van der Waals surface area contributed by atoms with Gasteiger partial charge in [0, 0.05) is 11.6 Å². The number of hydrogen-bond donors (Lipinski definition) is 1. The lowest BCUT2D eigenvalue weighted by Gasteiger charge is -2.08. The number of rotatable bonds is 2. The highest BCUT2D eigenvalue weighted by atomic mass is 19.4. The van der Waals surface area contributed by atoms with E-state index in [4.69, 9.17) is 5.11 Å². The molecule has 0 saturated heterocycles. The number of carbonyl (C=O) groups is 1. The van der Waals surface area contributed by atoms with Gasteiger partial charge in [-0.25, -0.2) is 14.8 Å². The van der Waals surface area contributed by atoms with Crippen LogP contribution < -0.4 is 4.74 Å². The number of ether oxygens (including phenoxy) is 1. The predicted molar refractivity (Wildman–Crippen MR) is 61.1 cm³/mol. The second kappa shape index (κ2) is 5.16. The first-order chi connectivity index (χ1) is 9.36. The van der Waals surface area contributed by atoms with Gasteiger partial charge in [0.1, 0.15) is 6.33 Å². The lowest BCUT2D eigenvalue weighted by atomic mass is 10.1. The van der Waals surface area contributed by atoms with Gasteiger partial charge >= 0.3 is 12.3 Å². The molecule has 0 unspecified atom stereocenters. The molecule has 2 aromatic rings. The summed E-state index contributed by atoms with van der Waals surface area (Å²) in [5, 5.41) is 8.45. The topological polar surface area (TPSA) is 72.3 Å². The Hall–Kier alpha value is -2.64. The Labute approximate surface area is 110 Å². The Morgan fingerprint density at radius 3 is 2.60 bits per heavy atom. The molecule has 0 aliphatic carbocycles. The number of aromatic nitrogens is 2. The van der Waals surface area contributed by atoms with Crippen LogP contribution in [0.1, 0.15) is 5.56 Å². The molecule has 0 aliphatic heterocycles. The quantitative estimate of drug-likeness (QED) is 0.857. The number of nitrogens with zero attached hydrogens (tertiary/aromatic N) is 2. The summed E-state index contributed by atoms with van der Waals surface area (Å²) in [6, 6.07) is 5.63. The maximum absolute atomic E-state index is 12.6. The first kappa shape index (κ1) is 13.8. The van der Waals surface area contributed by atoms with Crippen molar-refractivity contribution in [2.45, 2.75) is 6.18 Å². The van der Waals surface area contributed by atoms with E-state index in [0.29, 0.717) is 0 Å². The Morgan fingerprint density at radius 2 is 1.95 bits per heavy atom. The van der Waals surface area contributed by atoms with Gasteiger partial charge in [-0.05, 0) is 12.1 Å². The highest BCUT2D eigenvalue weighted by Crippen LogP contribution is 2.31. The van der Waals surface area contributed by atoms with Crippen LogP contribution in [0.5, 0.6) is 5.88 Å². The second-order valence-corrected chi connectivity index (χ2v) is 3.69. The van der Waals surface area contributed by atoms with E-state index in [1.54, 1.807) is 0 Å². The second-order valence-electron chi connectivity index (χ2n) is 3.69. The van der Waals surface area contributed by atoms with E-state index in [-0.39, 0.29) is 17.1 Å². The molecule has 0 fully saturated rings. The minimum atomic E-state index is -4.47. The van der Waals surface area contributed by atoms with Crippen molar-refractivity contribution in [2.24, 2.45) is 0 Å². The molecular formula is C12H7F3N2O3. The Balaban J connectivity index is 2.39. The van der Waals surface area contributed by atoms with Crippen LogP contribution in [-0.4, -0.2) is 21.2 Å². The molecule has 0 amide bonds. The third-order valence-corrected chi connectivity index (χ3v) is 2.32. The molecule has 0 bridgehead atoms. The van der Waals surface area contributed by atoms with Gasteiger partial charge < -0.3 is 9.84 Å². The van der Waals surface area contributed by atoms with Gasteiger partial charge in [0.05, 0.1) is 11.3 Å². The van der Waals surface area contributed by atoms with Crippen LogP contribution in [-0.2, 0) is 6.18 Å². The molecule has 1 heterocycles. The summed E-state index contributed by atoms with van der Waals surface area (Å²) in [5.41, 5.74) is -0.519. The zero-order valence-corrected chi connectivity index (χ0v) is 9.76. The van der Waals surface area contributed by atoms with E-state index in [1.165, 1.54) is 12.1 Å². The predicted octanol–water partition coefficient (Wildman–Crippen LogP) is 3.22. The fourth-order valence-corrected chi connectivity index (χ4v) is 1.50. The standard InChI is InChI=1S/C12H7F3N2O3/c13-12(14,15)8-3-1-2-7(4-8)9-5-10(17-6-16-9)20-11(18)19/h1-6H,(H,18,19). The molecule has 0 radical (unpaired) electrons. The molecule has 0 aliphatic rings. The van der Waals surface area contributed by atoms with Gasteiger partial charge in [0.25, 0.3) is 0 Å². The summed E-state index contributed by atoms with van der Waals surface area (Å²) in [6.45, 7) is 0. The Bertz CT molecular complexity index is 644. The number of halogens is 3. The number of carboxylic acid groups (broad SMARTS) is 1. The van der Waals surface area contributed by atoms with Gasteiger partial charge in [0.15, 0.2) is 0 Å². The number of benzene rings is 1. The number of alkyl halides is 3. The molecule has 0 spiro atoms. The smallest absolute Gasteiger partial charge is 0.449 e. The summed E-state index contributed by atoms with van der Waals surface area (Å²) in [5.74, 6) is -0.264. The van der Waals surface area contributed by atoms with E-state index in [0.717, 1.165) is 24.5 Å². The SMILES string of the molecule is O=C(O)Oc1cc(-c2cccc(C(F)(F)F)c2)ncn1. The molecule has 20 heavy (non-hydrogen) atoms. The largest absolute Gasteiger partial charge is 0.512 e. The highest BCUT2D eigenvalue weighted by molar-refractivity contribution is 5.64. The summed E-state index contributed by atoms with van der Waals surface area (Å²) in [4.78, 5) is 17.7. The van der Waals surface area contributed by atoms with Gasteiger partial charge in [-0.2, -0.15) is 13.2 Å². The van der Waals surface area contributed by atoms with Crippen molar-refractivity contribution >= 4 is 6.16 Å². The molecule has 5 nitrogen and oxygen atoms in total. The van der Waals surface area contributed by atoms with Crippen molar-refractivity contribution in [1.29, 1.82) is 0 Å². The molecule has 1 N–H and O–H groups in total. The van der Waals surface area contributed by atoms with Crippen molar-refractivity contribution in [3.8, 4) is 17.1 Å². The molecule has 0 atom stereocenters. The molecule has 1 aromatic carbocycles. The minimum absolute atomic E-state index is 0.127. The monoisotopic (exact) mass is 284 g/mol. The Morgan fingerprint density at radius 1 is 1.20 bits per heavy atom. The van der Waals surface area contributed by atoms with Crippen molar-refractivity contribution < 1.29 is 27.8 Å². The molecule has 8 heteroatoms. The summed E-state index contributed by atoms with van der Waals surface area (Å²) in [7, 11) is 0. The van der Waals surface area contributed by atoms with Crippen LogP contribution in [0.2, 0.25) is 0 Å². The van der Waals surface area contributed by atoms with Gasteiger partial charge in [-0.1, -0.05) is 12.1 Å². The van der Waals surface area contributed by atoms with Crippen LogP contribution in [0.3, 0.4) is 0 Å². The average Bonchev–Trinajstić information content (AvgIpc) is 2.37. The van der Waals surface area contributed by atoms with Gasteiger partial charge in [-0.15, -0.1) is 0 Å². The van der Waals surface area contributed by atoms with E-state index in [2.05, 4.69) is 14.7 Å². The fourth-order valence-electron chi connectivity index (χ4n) is 1.50. The third kappa shape index (κ3) is 3.22.